The minimum atomic E-state index is -0.739. The van der Waals surface area contributed by atoms with Crippen molar-refractivity contribution in [1.29, 1.82) is 0 Å². The lowest BCUT2D eigenvalue weighted by Crippen LogP contribution is -2.12. The second-order valence-corrected chi connectivity index (χ2v) is 7.36. The number of thiazole rings is 1. The maximum absolute atomic E-state index is 13.8. The summed E-state index contributed by atoms with van der Waals surface area (Å²) >= 11 is 7.26. The van der Waals surface area contributed by atoms with Gasteiger partial charge in [0, 0.05) is 17.9 Å². The lowest BCUT2D eigenvalue weighted by atomic mass is 10.1. The molecule has 1 amide bonds. The summed E-state index contributed by atoms with van der Waals surface area (Å²) in [5, 5.41) is 3.77. The number of rotatable bonds is 5. The van der Waals surface area contributed by atoms with Gasteiger partial charge in [0.1, 0.15) is 11.6 Å². The molecule has 0 aliphatic rings. The second kappa shape index (κ2) is 7.65. The van der Waals surface area contributed by atoms with Crippen LogP contribution in [0.5, 0.6) is 0 Å². The van der Waals surface area contributed by atoms with Crippen LogP contribution in [0.25, 0.3) is 21.5 Å². The third-order valence-corrected chi connectivity index (χ3v) is 5.09. The van der Waals surface area contributed by atoms with Crippen LogP contribution in [0.15, 0.2) is 47.0 Å². The highest BCUT2D eigenvalue weighted by Gasteiger charge is 2.16. The van der Waals surface area contributed by atoms with Crippen LogP contribution in [0.2, 0.25) is 5.02 Å². The molecule has 0 fully saturated rings. The summed E-state index contributed by atoms with van der Waals surface area (Å²) in [7, 11) is 0. The molecule has 4 aromatic rings. The fourth-order valence-electron chi connectivity index (χ4n) is 2.63. The van der Waals surface area contributed by atoms with Crippen LogP contribution in [-0.2, 0) is 11.2 Å². The standard InChI is InChI=1S/C19H12ClF2N3O2S/c20-10-4-5-13-15(8-10)28-19(24-13)25-16(26)6-7-17-23-9-14(27-17)18-11(21)2-1-3-12(18)22/h1-5,8-9H,6-7H2,(H,24,25,26). The Kier molecular flexibility index (Phi) is 5.06. The molecule has 142 valence electrons. The molecular formula is C19H12ClF2N3O2S. The molecule has 4 rings (SSSR count). The minimum absolute atomic E-state index is 0.0194. The fourth-order valence-corrected chi connectivity index (χ4v) is 3.79. The molecule has 2 aromatic heterocycles. The summed E-state index contributed by atoms with van der Waals surface area (Å²) in [6, 6.07) is 8.83. The van der Waals surface area contributed by atoms with Gasteiger partial charge >= 0.3 is 0 Å². The predicted octanol–water partition coefficient (Wildman–Crippen LogP) is 5.45. The first kappa shape index (κ1) is 18.5. The number of aromatic nitrogens is 2. The summed E-state index contributed by atoms with van der Waals surface area (Å²) in [5.74, 6) is -1.56. The van der Waals surface area contributed by atoms with E-state index >= 15 is 0 Å². The van der Waals surface area contributed by atoms with Crippen LogP contribution in [0.1, 0.15) is 12.3 Å². The number of amides is 1. The number of aryl methyl sites for hydroxylation is 1. The van der Waals surface area contributed by atoms with Crippen molar-refractivity contribution in [2.24, 2.45) is 0 Å². The zero-order valence-electron chi connectivity index (χ0n) is 14.2. The van der Waals surface area contributed by atoms with Crippen molar-refractivity contribution in [1.82, 2.24) is 9.97 Å². The molecule has 0 bridgehead atoms. The number of anilines is 1. The minimum Gasteiger partial charge on any atom is -0.441 e. The molecule has 1 N–H and O–H groups in total. The normalized spacial score (nSPS) is 11.1. The van der Waals surface area contributed by atoms with Crippen molar-refractivity contribution >= 4 is 44.2 Å². The first-order chi connectivity index (χ1) is 13.5. The molecule has 28 heavy (non-hydrogen) atoms. The number of benzene rings is 2. The highest BCUT2D eigenvalue weighted by Crippen LogP contribution is 2.29. The maximum Gasteiger partial charge on any atom is 0.226 e. The van der Waals surface area contributed by atoms with Crippen molar-refractivity contribution in [2.45, 2.75) is 12.8 Å². The van der Waals surface area contributed by atoms with Crippen molar-refractivity contribution in [2.75, 3.05) is 5.32 Å². The SMILES string of the molecule is O=C(CCc1ncc(-c2c(F)cccc2F)o1)Nc1nc2ccc(Cl)cc2s1. The number of fused-ring (bicyclic) bond motifs is 1. The molecule has 0 radical (unpaired) electrons. The van der Waals surface area contributed by atoms with Gasteiger partial charge in [-0.25, -0.2) is 18.7 Å². The molecule has 0 aliphatic heterocycles. The third-order valence-electron chi connectivity index (χ3n) is 3.93. The zero-order valence-corrected chi connectivity index (χ0v) is 15.8. The summed E-state index contributed by atoms with van der Waals surface area (Å²) in [6.07, 6.45) is 1.50. The van der Waals surface area contributed by atoms with Gasteiger partial charge in [0.25, 0.3) is 0 Å². The third kappa shape index (κ3) is 3.88. The van der Waals surface area contributed by atoms with E-state index in [0.29, 0.717) is 10.2 Å². The Balaban J connectivity index is 1.40. The van der Waals surface area contributed by atoms with Crippen LogP contribution in [-0.4, -0.2) is 15.9 Å². The van der Waals surface area contributed by atoms with E-state index in [-0.39, 0.29) is 36.0 Å². The van der Waals surface area contributed by atoms with Crippen molar-refractivity contribution < 1.29 is 18.0 Å². The number of carbonyl (C=O) groups excluding carboxylic acids is 1. The highest BCUT2D eigenvalue weighted by molar-refractivity contribution is 7.22. The lowest BCUT2D eigenvalue weighted by molar-refractivity contribution is -0.116. The van der Waals surface area contributed by atoms with E-state index in [1.54, 1.807) is 18.2 Å². The molecule has 0 aliphatic carbocycles. The molecule has 0 saturated carbocycles. The van der Waals surface area contributed by atoms with E-state index in [2.05, 4.69) is 15.3 Å². The quantitative estimate of drug-likeness (QED) is 0.466. The number of carbonyl (C=O) groups is 1. The van der Waals surface area contributed by atoms with Gasteiger partial charge in [0.15, 0.2) is 16.8 Å². The number of nitrogens with zero attached hydrogens (tertiary/aromatic N) is 2. The molecule has 5 nitrogen and oxygen atoms in total. The summed E-state index contributed by atoms with van der Waals surface area (Å²) in [6.45, 7) is 0. The van der Waals surface area contributed by atoms with Gasteiger partial charge in [-0.05, 0) is 30.3 Å². The number of halogens is 3. The Morgan fingerprint density at radius 1 is 1.21 bits per heavy atom. The summed E-state index contributed by atoms with van der Waals surface area (Å²) < 4.78 is 33.9. The molecule has 0 atom stereocenters. The first-order valence-corrected chi connectivity index (χ1v) is 9.44. The molecule has 9 heteroatoms. The Bertz CT molecular complexity index is 1150. The van der Waals surface area contributed by atoms with Gasteiger partial charge in [-0.3, -0.25) is 4.79 Å². The van der Waals surface area contributed by atoms with Crippen LogP contribution in [0, 0.1) is 11.6 Å². The Morgan fingerprint density at radius 2 is 2.00 bits per heavy atom. The molecule has 0 saturated heterocycles. The second-order valence-electron chi connectivity index (χ2n) is 5.89. The predicted molar refractivity (Wildman–Crippen MR) is 103 cm³/mol. The Labute approximate surface area is 167 Å². The van der Waals surface area contributed by atoms with Gasteiger partial charge in [-0.1, -0.05) is 29.0 Å². The van der Waals surface area contributed by atoms with Crippen molar-refractivity contribution in [3.8, 4) is 11.3 Å². The maximum atomic E-state index is 13.8. The monoisotopic (exact) mass is 419 g/mol. The van der Waals surface area contributed by atoms with E-state index in [1.807, 2.05) is 0 Å². The first-order valence-electron chi connectivity index (χ1n) is 8.24. The van der Waals surface area contributed by atoms with E-state index in [4.69, 9.17) is 16.0 Å². The van der Waals surface area contributed by atoms with Gasteiger partial charge < -0.3 is 9.73 Å². The van der Waals surface area contributed by atoms with Gasteiger partial charge in [-0.2, -0.15) is 0 Å². The summed E-state index contributed by atoms with van der Waals surface area (Å²) in [5.41, 5.74) is 0.466. The van der Waals surface area contributed by atoms with Crippen LogP contribution >= 0.6 is 22.9 Å². The largest absolute Gasteiger partial charge is 0.441 e. The van der Waals surface area contributed by atoms with Gasteiger partial charge in [0.05, 0.1) is 22.0 Å². The Hall–Kier alpha value is -2.84. The fraction of sp³-hybridized carbons (Fsp3) is 0.105. The van der Waals surface area contributed by atoms with Crippen LogP contribution in [0.3, 0.4) is 0 Å². The van der Waals surface area contributed by atoms with Gasteiger partial charge in [0.2, 0.25) is 5.91 Å². The lowest BCUT2D eigenvalue weighted by Gasteiger charge is -2.01. The average Bonchev–Trinajstić information content (AvgIpc) is 3.26. The Morgan fingerprint density at radius 3 is 2.79 bits per heavy atom. The van der Waals surface area contributed by atoms with Crippen LogP contribution < -0.4 is 5.32 Å². The summed E-state index contributed by atoms with van der Waals surface area (Å²) in [4.78, 5) is 20.5. The number of hydrogen-bond donors (Lipinski definition) is 1. The average molecular weight is 420 g/mol. The van der Waals surface area contributed by atoms with E-state index in [1.165, 1.54) is 23.6 Å². The van der Waals surface area contributed by atoms with E-state index < -0.39 is 11.6 Å². The molecule has 2 aromatic carbocycles. The molecule has 0 spiro atoms. The number of nitrogens with one attached hydrogen (secondary N) is 1. The topological polar surface area (TPSA) is 68.0 Å². The number of oxazole rings is 1. The highest BCUT2D eigenvalue weighted by atomic mass is 35.5. The number of hydrogen-bond acceptors (Lipinski definition) is 5. The van der Waals surface area contributed by atoms with Gasteiger partial charge in [-0.15, -0.1) is 0 Å². The van der Waals surface area contributed by atoms with Crippen LogP contribution in [0.4, 0.5) is 13.9 Å². The zero-order chi connectivity index (χ0) is 19.7. The molecule has 0 unspecified atom stereocenters. The molecular weight excluding hydrogens is 408 g/mol. The smallest absolute Gasteiger partial charge is 0.226 e. The van der Waals surface area contributed by atoms with E-state index in [9.17, 15) is 13.6 Å². The van der Waals surface area contributed by atoms with Crippen molar-refractivity contribution in [3.63, 3.8) is 0 Å². The molecule has 2 heterocycles. The van der Waals surface area contributed by atoms with E-state index in [0.717, 1.165) is 22.3 Å². The van der Waals surface area contributed by atoms with Crippen molar-refractivity contribution in [3.05, 3.63) is 65.1 Å².